The Kier molecular flexibility index (Phi) is 7.05. The molecule has 1 saturated carbocycles. The smallest absolute Gasteiger partial charge is 0.340 e. The predicted octanol–water partition coefficient (Wildman–Crippen LogP) is 3.52. The van der Waals surface area contributed by atoms with Gasteiger partial charge in [-0.3, -0.25) is 19.3 Å². The van der Waals surface area contributed by atoms with E-state index in [1.807, 2.05) is 6.92 Å². The number of benzene rings is 1. The molecule has 8 heteroatoms. The second-order valence-electron chi connectivity index (χ2n) is 7.45. The van der Waals surface area contributed by atoms with Crippen LogP contribution in [0, 0.1) is 11.8 Å². The summed E-state index contributed by atoms with van der Waals surface area (Å²) >= 11 is 3.32. The first-order chi connectivity index (χ1) is 13.9. The summed E-state index contributed by atoms with van der Waals surface area (Å²) in [7, 11) is 0. The van der Waals surface area contributed by atoms with Gasteiger partial charge in [-0.1, -0.05) is 35.7 Å². The van der Waals surface area contributed by atoms with Gasteiger partial charge in [0.15, 0.2) is 0 Å². The number of halogens is 1. The lowest BCUT2D eigenvalue weighted by molar-refractivity contribution is -0.140. The van der Waals surface area contributed by atoms with E-state index < -0.39 is 5.97 Å². The van der Waals surface area contributed by atoms with E-state index in [0.29, 0.717) is 23.2 Å². The molecule has 1 N–H and O–H groups in total. The fraction of sp³-hybridized carbons (Fsp3) is 0.524. The van der Waals surface area contributed by atoms with Gasteiger partial charge in [0.25, 0.3) is 0 Å². The number of amides is 3. The molecule has 1 aromatic rings. The van der Waals surface area contributed by atoms with Crippen molar-refractivity contribution < 1.29 is 23.9 Å². The highest BCUT2D eigenvalue weighted by Gasteiger charge is 2.47. The maximum Gasteiger partial charge on any atom is 0.340 e. The first-order valence-corrected chi connectivity index (χ1v) is 10.8. The largest absolute Gasteiger partial charge is 0.462 e. The number of hydrogen-bond acceptors (Lipinski definition) is 5. The molecule has 3 amide bonds. The molecule has 0 unspecified atom stereocenters. The summed E-state index contributed by atoms with van der Waals surface area (Å²) in [5, 5.41) is 2.70. The molecule has 156 valence electrons. The summed E-state index contributed by atoms with van der Waals surface area (Å²) in [6.45, 7) is 2.25. The van der Waals surface area contributed by atoms with Crippen molar-refractivity contribution in [3.05, 3.63) is 28.2 Å². The Balaban J connectivity index is 1.62. The fourth-order valence-electron chi connectivity index (χ4n) is 3.94. The lowest BCUT2D eigenvalue weighted by atomic mass is 9.81. The van der Waals surface area contributed by atoms with Gasteiger partial charge in [-0.2, -0.15) is 0 Å². The van der Waals surface area contributed by atoms with E-state index in [4.69, 9.17) is 4.74 Å². The average molecular weight is 465 g/mol. The molecular formula is C21H25BrN2O5. The molecule has 0 aromatic heterocycles. The van der Waals surface area contributed by atoms with Gasteiger partial charge in [-0.05, 0) is 37.5 Å². The van der Waals surface area contributed by atoms with Crippen molar-refractivity contribution in [1.82, 2.24) is 4.90 Å². The highest BCUT2D eigenvalue weighted by atomic mass is 79.9. The third-order valence-corrected chi connectivity index (χ3v) is 5.90. The van der Waals surface area contributed by atoms with Crippen LogP contribution in [0.25, 0.3) is 0 Å². The van der Waals surface area contributed by atoms with Crippen LogP contribution in [0.2, 0.25) is 0 Å². The minimum Gasteiger partial charge on any atom is -0.462 e. The van der Waals surface area contributed by atoms with Crippen molar-refractivity contribution in [1.29, 1.82) is 0 Å². The van der Waals surface area contributed by atoms with Gasteiger partial charge < -0.3 is 10.1 Å². The van der Waals surface area contributed by atoms with Crippen molar-refractivity contribution in [3.8, 4) is 0 Å². The number of carbonyl (C=O) groups is 4. The van der Waals surface area contributed by atoms with Crippen LogP contribution in [0.15, 0.2) is 22.7 Å². The zero-order valence-electron chi connectivity index (χ0n) is 16.4. The van der Waals surface area contributed by atoms with Crippen LogP contribution < -0.4 is 5.32 Å². The third kappa shape index (κ3) is 4.86. The highest BCUT2D eigenvalue weighted by Crippen LogP contribution is 2.38. The Bertz CT molecular complexity index is 801. The maximum atomic E-state index is 12.5. The molecular weight excluding hydrogens is 440 g/mol. The molecule has 7 nitrogen and oxygen atoms in total. The van der Waals surface area contributed by atoms with Crippen LogP contribution in [0.5, 0.6) is 0 Å². The molecule has 2 fully saturated rings. The summed E-state index contributed by atoms with van der Waals surface area (Å²) < 4.78 is 5.86. The Morgan fingerprint density at radius 2 is 1.83 bits per heavy atom. The molecule has 0 radical (unpaired) electrons. The Labute approximate surface area is 178 Å². The minimum absolute atomic E-state index is 0.0174. The van der Waals surface area contributed by atoms with Crippen molar-refractivity contribution in [2.45, 2.75) is 45.4 Å². The van der Waals surface area contributed by atoms with Gasteiger partial charge in [0.05, 0.1) is 29.7 Å². The number of hydrogen-bond donors (Lipinski definition) is 1. The summed E-state index contributed by atoms with van der Waals surface area (Å²) in [6.07, 6.45) is 4.11. The average Bonchev–Trinajstić information content (AvgIpc) is 2.96. The van der Waals surface area contributed by atoms with E-state index in [1.165, 1.54) is 4.90 Å². The van der Waals surface area contributed by atoms with Crippen molar-refractivity contribution in [3.63, 3.8) is 0 Å². The van der Waals surface area contributed by atoms with Crippen molar-refractivity contribution in [2.24, 2.45) is 11.8 Å². The van der Waals surface area contributed by atoms with Crippen LogP contribution in [-0.2, 0) is 19.1 Å². The van der Waals surface area contributed by atoms with Crippen LogP contribution in [-0.4, -0.2) is 41.7 Å². The number of esters is 1. The fourth-order valence-corrected chi connectivity index (χ4v) is 4.31. The molecule has 1 aromatic carbocycles. The molecule has 1 aliphatic heterocycles. The topological polar surface area (TPSA) is 92.8 Å². The molecule has 3 rings (SSSR count). The normalized spacial score (nSPS) is 21.1. The van der Waals surface area contributed by atoms with Crippen molar-refractivity contribution in [2.75, 3.05) is 18.5 Å². The number of ether oxygens (including phenoxy) is 1. The number of rotatable bonds is 7. The molecule has 1 heterocycles. The van der Waals surface area contributed by atoms with Gasteiger partial charge in [0, 0.05) is 17.4 Å². The van der Waals surface area contributed by atoms with Crippen LogP contribution >= 0.6 is 15.9 Å². The molecule has 1 saturated heterocycles. The van der Waals surface area contributed by atoms with E-state index >= 15 is 0 Å². The summed E-state index contributed by atoms with van der Waals surface area (Å²) in [5.41, 5.74) is 0.590. The molecule has 2 aliphatic rings. The highest BCUT2D eigenvalue weighted by molar-refractivity contribution is 9.10. The third-order valence-electron chi connectivity index (χ3n) is 5.41. The van der Waals surface area contributed by atoms with E-state index in [9.17, 15) is 19.2 Å². The number of fused-ring (bicyclic) bond motifs is 1. The standard InChI is InChI=1S/C21H25BrN2O5/c1-2-11-29-21(28)16-12-13(22)7-8-17(16)23-18(25)9-10-24-19(26)14-5-3-4-6-15(14)20(24)27/h7-8,12,14-15H,2-6,9-11H2,1H3,(H,23,25)/t14-,15-/m1/s1. The zero-order valence-corrected chi connectivity index (χ0v) is 18.0. The molecule has 1 aliphatic carbocycles. The van der Waals surface area contributed by atoms with E-state index in [2.05, 4.69) is 21.2 Å². The Hall–Kier alpha value is -2.22. The van der Waals surface area contributed by atoms with E-state index in [-0.39, 0.29) is 48.1 Å². The lowest BCUT2D eigenvalue weighted by Crippen LogP contribution is -2.34. The number of imide groups is 1. The zero-order chi connectivity index (χ0) is 21.0. The number of anilines is 1. The summed E-state index contributed by atoms with van der Waals surface area (Å²) in [5.74, 6) is -1.62. The molecule has 0 bridgehead atoms. The van der Waals surface area contributed by atoms with Gasteiger partial charge in [0.2, 0.25) is 17.7 Å². The van der Waals surface area contributed by atoms with E-state index in [0.717, 1.165) is 25.7 Å². The second-order valence-corrected chi connectivity index (χ2v) is 8.37. The van der Waals surface area contributed by atoms with E-state index in [1.54, 1.807) is 18.2 Å². The summed E-state index contributed by atoms with van der Waals surface area (Å²) in [6, 6.07) is 4.92. The van der Waals surface area contributed by atoms with Gasteiger partial charge >= 0.3 is 5.97 Å². The molecule has 0 spiro atoms. The van der Waals surface area contributed by atoms with Gasteiger partial charge in [-0.15, -0.1) is 0 Å². The quantitative estimate of drug-likeness (QED) is 0.492. The SMILES string of the molecule is CCCOC(=O)c1cc(Br)ccc1NC(=O)CCN1C(=O)[C@@H]2CCCC[C@H]2C1=O. The second kappa shape index (κ2) is 9.52. The molecule has 2 atom stereocenters. The van der Waals surface area contributed by atoms with Crippen molar-refractivity contribution >= 4 is 45.3 Å². The first kappa shape index (κ1) is 21.5. The maximum absolute atomic E-state index is 12.5. The molecule has 29 heavy (non-hydrogen) atoms. The predicted molar refractivity (Wildman–Crippen MR) is 110 cm³/mol. The number of nitrogens with zero attached hydrogens (tertiary/aromatic N) is 1. The van der Waals surface area contributed by atoms with Crippen LogP contribution in [0.4, 0.5) is 5.69 Å². The number of nitrogens with one attached hydrogen (secondary N) is 1. The van der Waals surface area contributed by atoms with Crippen LogP contribution in [0.1, 0.15) is 55.8 Å². The van der Waals surface area contributed by atoms with Gasteiger partial charge in [-0.25, -0.2) is 4.79 Å². The Morgan fingerprint density at radius 1 is 1.17 bits per heavy atom. The number of likely N-dealkylation sites (tertiary alicyclic amines) is 1. The Morgan fingerprint density at radius 3 is 2.45 bits per heavy atom. The first-order valence-electron chi connectivity index (χ1n) is 10.0. The lowest BCUT2D eigenvalue weighted by Gasteiger charge is -2.19. The van der Waals surface area contributed by atoms with Gasteiger partial charge in [0.1, 0.15) is 0 Å². The monoisotopic (exact) mass is 464 g/mol. The van der Waals surface area contributed by atoms with Crippen LogP contribution in [0.3, 0.4) is 0 Å². The minimum atomic E-state index is -0.516. The number of carbonyl (C=O) groups excluding carboxylic acids is 4. The summed E-state index contributed by atoms with van der Waals surface area (Å²) in [4.78, 5) is 51.0.